The Morgan fingerprint density at radius 1 is 1.42 bits per heavy atom. The fourth-order valence-corrected chi connectivity index (χ4v) is 8.71. The first-order valence-corrected chi connectivity index (χ1v) is 15.3. The number of anilines is 1. The summed E-state index contributed by atoms with van der Waals surface area (Å²) in [5.74, 6) is -1.24. The van der Waals surface area contributed by atoms with Gasteiger partial charge in [0.15, 0.2) is 5.13 Å². The van der Waals surface area contributed by atoms with Crippen LogP contribution >= 0.6 is 58.2 Å². The van der Waals surface area contributed by atoms with E-state index in [1.54, 1.807) is 30.6 Å². The van der Waals surface area contributed by atoms with Crippen molar-refractivity contribution < 1.29 is 19.5 Å². The molecule has 200 valence electrons. The Morgan fingerprint density at radius 3 is 2.89 bits per heavy atom. The van der Waals surface area contributed by atoms with Gasteiger partial charge in [-0.25, -0.2) is 9.67 Å². The number of fused-ring (bicyclic) bond motifs is 1. The average molecular weight is 613 g/mol. The van der Waals surface area contributed by atoms with E-state index in [4.69, 9.17) is 17.3 Å². The van der Waals surface area contributed by atoms with Gasteiger partial charge < -0.3 is 21.1 Å². The van der Waals surface area contributed by atoms with Crippen LogP contribution < -0.4 is 11.1 Å². The predicted octanol–water partition coefficient (Wildman–Crippen LogP) is 2.00. The Bertz CT molecular complexity index is 1390. The second-order valence-corrected chi connectivity index (χ2v) is 13.2. The van der Waals surface area contributed by atoms with Crippen molar-refractivity contribution in [1.82, 2.24) is 35.4 Å². The van der Waals surface area contributed by atoms with Crippen LogP contribution in [-0.4, -0.2) is 82.4 Å². The number of hydrogen-bond donors (Lipinski definition) is 3. The van der Waals surface area contributed by atoms with Crippen molar-refractivity contribution in [2.45, 2.75) is 26.7 Å². The second-order valence-electron chi connectivity index (χ2n) is 8.68. The average Bonchev–Trinajstić information content (AvgIpc) is 3.51. The number of tetrazole rings is 1. The molecule has 4 atom stereocenters. The molecule has 17 heteroatoms. The van der Waals surface area contributed by atoms with E-state index in [1.165, 1.54) is 56.2 Å². The smallest absolute Gasteiger partial charge is 0.313 e. The molecule has 2 aromatic heterocycles. The first-order valence-electron chi connectivity index (χ1n) is 11.1. The van der Waals surface area contributed by atoms with Gasteiger partial charge in [-0.05, 0) is 28.6 Å². The molecular weight excluding hydrogens is 592 g/mol. The zero-order valence-electron chi connectivity index (χ0n) is 19.7. The number of carbonyl (C=O) groups excluding carboxylic acids is 2. The summed E-state index contributed by atoms with van der Waals surface area (Å²) in [6.07, 6.45) is 0. The zero-order chi connectivity index (χ0) is 27.0. The van der Waals surface area contributed by atoms with Crippen LogP contribution in [0.2, 0.25) is 5.02 Å². The number of aromatic nitrogens is 5. The highest BCUT2D eigenvalue weighted by atomic mass is 35.5. The second kappa shape index (κ2) is 10.9. The first-order chi connectivity index (χ1) is 18.2. The number of aliphatic carboxylic acids is 1. The molecule has 1 aromatic carbocycles. The van der Waals surface area contributed by atoms with Gasteiger partial charge in [-0.15, -0.1) is 40.0 Å². The van der Waals surface area contributed by atoms with E-state index in [0.717, 1.165) is 4.90 Å². The molecule has 5 rings (SSSR count). The Kier molecular flexibility index (Phi) is 7.77. The van der Waals surface area contributed by atoms with E-state index < -0.39 is 22.7 Å². The fraction of sp³-hybridized carbons (Fsp3) is 0.381. The molecule has 2 aliphatic rings. The highest BCUT2D eigenvalue weighted by Crippen LogP contribution is 2.45. The van der Waals surface area contributed by atoms with Gasteiger partial charge in [-0.1, -0.05) is 29.4 Å². The van der Waals surface area contributed by atoms with E-state index in [9.17, 15) is 19.5 Å². The minimum Gasteiger partial charge on any atom is -0.481 e. The molecule has 2 fully saturated rings. The van der Waals surface area contributed by atoms with Gasteiger partial charge in [0, 0.05) is 40.4 Å². The zero-order valence-corrected chi connectivity index (χ0v) is 23.7. The van der Waals surface area contributed by atoms with Gasteiger partial charge in [0.25, 0.3) is 0 Å². The Labute approximate surface area is 238 Å². The number of carbonyl (C=O) groups is 3. The number of thiazole rings is 1. The number of carboxylic acids is 1. The van der Waals surface area contributed by atoms with Crippen molar-refractivity contribution in [2.24, 2.45) is 12.5 Å². The van der Waals surface area contributed by atoms with E-state index in [0.29, 0.717) is 21.0 Å². The van der Waals surface area contributed by atoms with Crippen LogP contribution in [-0.2, 0) is 21.4 Å². The monoisotopic (exact) mass is 612 g/mol. The van der Waals surface area contributed by atoms with Crippen LogP contribution in [0.1, 0.15) is 10.9 Å². The topological polar surface area (TPSA) is 169 Å². The number of nitrogens with zero attached hydrogens (tertiary/aromatic N) is 6. The van der Waals surface area contributed by atoms with Gasteiger partial charge in [-0.3, -0.25) is 14.4 Å². The molecule has 3 unspecified atom stereocenters. The molecule has 0 saturated carbocycles. The van der Waals surface area contributed by atoms with Crippen LogP contribution in [0, 0.1) is 5.41 Å². The maximum Gasteiger partial charge on any atom is 0.313 e. The molecule has 3 aromatic rings. The quantitative estimate of drug-likeness (QED) is 0.238. The summed E-state index contributed by atoms with van der Waals surface area (Å²) in [6, 6.07) is 6.34. The van der Waals surface area contributed by atoms with Gasteiger partial charge in [0.1, 0.15) is 22.1 Å². The van der Waals surface area contributed by atoms with Crippen molar-refractivity contribution in [3.63, 3.8) is 0 Å². The maximum absolute atomic E-state index is 13.4. The van der Waals surface area contributed by atoms with E-state index >= 15 is 0 Å². The number of nitrogens with one attached hydrogen (secondary N) is 1. The van der Waals surface area contributed by atoms with Crippen molar-refractivity contribution in [3.8, 4) is 0 Å². The summed E-state index contributed by atoms with van der Waals surface area (Å²) in [5, 5.41) is 26.1. The van der Waals surface area contributed by atoms with Gasteiger partial charge in [0.05, 0.1) is 5.69 Å². The third-order valence-corrected chi connectivity index (χ3v) is 11.1. The Balaban J connectivity index is 1.27. The van der Waals surface area contributed by atoms with Crippen LogP contribution in [0.4, 0.5) is 5.13 Å². The number of thioether (sulfide) groups is 3. The number of β-lactam (4-membered cyclic amide) rings is 1. The molecule has 0 spiro atoms. The van der Waals surface area contributed by atoms with Crippen LogP contribution in [0.25, 0.3) is 0 Å². The standard InChI is InChI=1S/C21H21ClN8O4S4/c1-29-20(26-27-28-29)37-9-21(18(33)34)7-30-16(32)13(17(30)36-8-21)25-15(31)14(12-6-35-19(23)24-12)38-11-4-2-3-10(22)5-11/h2-6,13-14,17H,7-9H2,1H3,(H2,23,24)(H,25,31)(H,33,34)/t13?,14?,17-,21?/m1/s1. The molecule has 4 heterocycles. The lowest BCUT2D eigenvalue weighted by molar-refractivity contribution is -0.157. The number of benzene rings is 1. The van der Waals surface area contributed by atoms with Crippen molar-refractivity contribution in [2.75, 3.05) is 23.8 Å². The van der Waals surface area contributed by atoms with Crippen molar-refractivity contribution in [1.29, 1.82) is 0 Å². The molecule has 38 heavy (non-hydrogen) atoms. The van der Waals surface area contributed by atoms with E-state index in [-0.39, 0.29) is 35.2 Å². The highest BCUT2D eigenvalue weighted by molar-refractivity contribution is 8.01. The van der Waals surface area contributed by atoms with Crippen LogP contribution in [0.5, 0.6) is 0 Å². The molecule has 2 aliphatic heterocycles. The van der Waals surface area contributed by atoms with Crippen molar-refractivity contribution >= 4 is 81.1 Å². The summed E-state index contributed by atoms with van der Waals surface area (Å²) in [7, 11) is 1.67. The Morgan fingerprint density at radius 2 is 2.24 bits per heavy atom. The Hall–Kier alpha value is -2.53. The summed E-state index contributed by atoms with van der Waals surface area (Å²) in [5.41, 5.74) is 5.12. The summed E-state index contributed by atoms with van der Waals surface area (Å²) in [4.78, 5) is 45.4. The van der Waals surface area contributed by atoms with Crippen LogP contribution in [0.3, 0.4) is 0 Å². The summed E-state index contributed by atoms with van der Waals surface area (Å²) >= 11 is 11.2. The number of hydrogen-bond acceptors (Lipinski definition) is 12. The lowest BCUT2D eigenvalue weighted by Gasteiger charge is -2.53. The fourth-order valence-electron chi connectivity index (χ4n) is 4.03. The number of aryl methyl sites for hydroxylation is 1. The number of nitrogen functional groups attached to an aromatic ring is 1. The molecule has 4 N–H and O–H groups in total. The summed E-state index contributed by atoms with van der Waals surface area (Å²) in [6.45, 7) is 0.0345. The number of amides is 2. The molecule has 12 nitrogen and oxygen atoms in total. The molecular formula is C21H21ClN8O4S4. The number of rotatable bonds is 9. The minimum absolute atomic E-state index is 0.0345. The first kappa shape index (κ1) is 27.1. The number of carboxylic acid groups (broad SMARTS) is 1. The number of halogens is 1. The lowest BCUT2D eigenvalue weighted by Crippen LogP contribution is -2.74. The lowest BCUT2D eigenvalue weighted by atomic mass is 9.89. The third kappa shape index (κ3) is 5.32. The van der Waals surface area contributed by atoms with Gasteiger partial charge >= 0.3 is 5.97 Å². The minimum atomic E-state index is -1.18. The summed E-state index contributed by atoms with van der Waals surface area (Å²) < 4.78 is 1.47. The van der Waals surface area contributed by atoms with Crippen molar-refractivity contribution in [3.05, 3.63) is 40.4 Å². The molecule has 0 radical (unpaired) electrons. The van der Waals surface area contributed by atoms with E-state index in [2.05, 4.69) is 25.8 Å². The number of nitrogens with two attached hydrogens (primary N) is 1. The molecule has 2 saturated heterocycles. The largest absolute Gasteiger partial charge is 0.481 e. The maximum atomic E-state index is 13.4. The SMILES string of the molecule is Cn1nnnc1SCC1(C(=O)O)CS[C@@H]2C(NC(=O)C(Sc3cccc(Cl)c3)c3csc(N)n3)C(=O)N2C1. The third-order valence-electron chi connectivity index (χ3n) is 6.05. The van der Waals surface area contributed by atoms with Crippen LogP contribution in [0.15, 0.2) is 39.7 Å². The van der Waals surface area contributed by atoms with E-state index in [1.807, 2.05) is 6.07 Å². The van der Waals surface area contributed by atoms with Gasteiger partial charge in [-0.2, -0.15) is 0 Å². The molecule has 2 amide bonds. The normalized spacial score (nSPS) is 23.4. The van der Waals surface area contributed by atoms with Gasteiger partial charge in [0.2, 0.25) is 17.0 Å². The molecule has 0 bridgehead atoms. The highest BCUT2D eigenvalue weighted by Gasteiger charge is 2.57. The predicted molar refractivity (Wildman–Crippen MR) is 146 cm³/mol. The molecule has 0 aliphatic carbocycles.